The van der Waals surface area contributed by atoms with Gasteiger partial charge in [-0.3, -0.25) is 0 Å². The number of halogens is 1. The van der Waals surface area contributed by atoms with Crippen molar-refractivity contribution in [1.29, 1.82) is 0 Å². The molecule has 1 fully saturated rings. The van der Waals surface area contributed by atoms with Crippen LogP contribution in [0.2, 0.25) is 0 Å². The molecule has 0 radical (unpaired) electrons. The first-order chi connectivity index (χ1) is 5.22. The lowest BCUT2D eigenvalue weighted by molar-refractivity contribution is 0.205. The molecule has 0 aliphatic carbocycles. The molecular formula is C4H7ClO5S2. The first-order valence-corrected chi connectivity index (χ1v) is 7.24. The fraction of sp³-hybridized carbons (Fsp3) is 1.00. The maximum Gasteiger partial charge on any atom is 0.239 e. The van der Waals surface area contributed by atoms with Crippen LogP contribution in [-0.4, -0.2) is 44.8 Å². The quantitative estimate of drug-likeness (QED) is 0.571. The predicted molar refractivity (Wildman–Crippen MR) is 43.2 cm³/mol. The van der Waals surface area contributed by atoms with Crippen molar-refractivity contribution < 1.29 is 21.9 Å². The summed E-state index contributed by atoms with van der Waals surface area (Å²) in [7, 11) is -2.51. The van der Waals surface area contributed by atoms with Gasteiger partial charge in [-0.05, 0) is 0 Å². The number of rotatable bonds is 1. The molecule has 2 atom stereocenters. The van der Waals surface area contributed by atoms with Crippen molar-refractivity contribution in [2.45, 2.75) is 11.4 Å². The molecule has 0 aromatic carbocycles. The zero-order chi connectivity index (χ0) is 9.57. The Kier molecular flexibility index (Phi) is 2.41. The molecule has 1 rings (SSSR count). The first kappa shape index (κ1) is 10.2. The van der Waals surface area contributed by atoms with Crippen molar-refractivity contribution in [3.05, 3.63) is 0 Å². The van der Waals surface area contributed by atoms with E-state index in [9.17, 15) is 16.8 Å². The van der Waals surface area contributed by atoms with Gasteiger partial charge in [-0.15, -0.1) is 0 Å². The predicted octanol–water partition coefficient (Wildman–Crippen LogP) is -1.29. The summed E-state index contributed by atoms with van der Waals surface area (Å²) in [6, 6.07) is 0. The standard InChI is InChI=1S/C4H7ClO5S2/c5-12(9,10)4-2-11(7,8)1-3(4)6/h3-4,6H,1-2H2/t3-,4+/m1/s1. The van der Waals surface area contributed by atoms with Gasteiger partial charge >= 0.3 is 0 Å². The minimum Gasteiger partial charge on any atom is -0.391 e. The summed E-state index contributed by atoms with van der Waals surface area (Å²) >= 11 is 0. The van der Waals surface area contributed by atoms with Crippen LogP contribution >= 0.6 is 10.7 Å². The molecular weight excluding hydrogens is 228 g/mol. The maximum absolute atomic E-state index is 10.8. The number of hydrogen-bond donors (Lipinski definition) is 1. The van der Waals surface area contributed by atoms with Crippen molar-refractivity contribution in [2.24, 2.45) is 0 Å². The van der Waals surface area contributed by atoms with Crippen molar-refractivity contribution in [3.63, 3.8) is 0 Å². The van der Waals surface area contributed by atoms with Gasteiger partial charge in [-0.25, -0.2) is 16.8 Å². The lowest BCUT2D eigenvalue weighted by atomic mass is 10.3. The summed E-state index contributed by atoms with van der Waals surface area (Å²) in [6.45, 7) is 0. The van der Waals surface area contributed by atoms with Crippen molar-refractivity contribution in [1.82, 2.24) is 0 Å². The Morgan fingerprint density at radius 2 is 1.83 bits per heavy atom. The van der Waals surface area contributed by atoms with Gasteiger partial charge in [0, 0.05) is 10.7 Å². The minimum absolute atomic E-state index is 0.524. The van der Waals surface area contributed by atoms with Gasteiger partial charge in [0.2, 0.25) is 9.05 Å². The van der Waals surface area contributed by atoms with Gasteiger partial charge < -0.3 is 5.11 Å². The number of hydrogen-bond acceptors (Lipinski definition) is 5. The molecule has 1 heterocycles. The monoisotopic (exact) mass is 234 g/mol. The number of aliphatic hydroxyl groups excluding tert-OH is 1. The van der Waals surface area contributed by atoms with Crippen LogP contribution < -0.4 is 0 Å². The van der Waals surface area contributed by atoms with Gasteiger partial charge in [-0.2, -0.15) is 0 Å². The average Bonchev–Trinajstić information content (AvgIpc) is 2.03. The zero-order valence-electron chi connectivity index (χ0n) is 5.84. The summed E-state index contributed by atoms with van der Waals surface area (Å²) < 4.78 is 43.0. The van der Waals surface area contributed by atoms with Crippen LogP contribution in [0.3, 0.4) is 0 Å². The Balaban J connectivity index is 3.01. The number of aliphatic hydroxyl groups is 1. The molecule has 0 aromatic rings. The summed E-state index contributed by atoms with van der Waals surface area (Å²) in [5.74, 6) is -1.11. The molecule has 1 N–H and O–H groups in total. The Labute approximate surface area is 74.7 Å². The third-order valence-electron chi connectivity index (χ3n) is 1.63. The Morgan fingerprint density at radius 3 is 2.00 bits per heavy atom. The van der Waals surface area contributed by atoms with E-state index in [4.69, 9.17) is 15.8 Å². The normalized spacial score (nSPS) is 35.2. The van der Waals surface area contributed by atoms with E-state index in [1.165, 1.54) is 0 Å². The molecule has 0 unspecified atom stereocenters. The van der Waals surface area contributed by atoms with E-state index in [0.29, 0.717) is 0 Å². The first-order valence-electron chi connectivity index (χ1n) is 3.04. The Bertz CT molecular complexity index is 368. The van der Waals surface area contributed by atoms with E-state index in [0.717, 1.165) is 0 Å². The fourth-order valence-corrected chi connectivity index (χ4v) is 5.36. The van der Waals surface area contributed by atoms with E-state index in [1.54, 1.807) is 0 Å². The Morgan fingerprint density at radius 1 is 1.33 bits per heavy atom. The van der Waals surface area contributed by atoms with Crippen LogP contribution in [0.15, 0.2) is 0 Å². The fourth-order valence-electron chi connectivity index (χ4n) is 1.07. The highest BCUT2D eigenvalue weighted by Crippen LogP contribution is 2.22. The number of sulfone groups is 1. The molecule has 1 aliphatic rings. The Hall–Kier alpha value is 0.150. The van der Waals surface area contributed by atoms with Gasteiger partial charge in [-0.1, -0.05) is 0 Å². The highest BCUT2D eigenvalue weighted by Gasteiger charge is 2.43. The van der Waals surface area contributed by atoms with E-state index < -0.39 is 41.7 Å². The average molecular weight is 235 g/mol. The SMILES string of the molecule is O=S1(=O)C[C@@H](O)[C@@H](S(=O)(=O)Cl)C1. The second kappa shape index (κ2) is 2.83. The molecule has 1 saturated heterocycles. The van der Waals surface area contributed by atoms with E-state index in [2.05, 4.69) is 0 Å². The van der Waals surface area contributed by atoms with Gasteiger partial charge in [0.1, 0.15) is 5.25 Å². The summed E-state index contributed by atoms with van der Waals surface area (Å²) in [4.78, 5) is 0. The molecule has 8 heteroatoms. The van der Waals surface area contributed by atoms with E-state index in [1.807, 2.05) is 0 Å². The van der Waals surface area contributed by atoms with Crippen LogP contribution in [0.1, 0.15) is 0 Å². The zero-order valence-corrected chi connectivity index (χ0v) is 8.23. The largest absolute Gasteiger partial charge is 0.391 e. The van der Waals surface area contributed by atoms with Gasteiger partial charge in [0.15, 0.2) is 9.84 Å². The van der Waals surface area contributed by atoms with E-state index >= 15 is 0 Å². The van der Waals surface area contributed by atoms with E-state index in [-0.39, 0.29) is 0 Å². The van der Waals surface area contributed by atoms with Crippen LogP contribution in [0.5, 0.6) is 0 Å². The second-order valence-corrected chi connectivity index (χ2v) is 7.66. The molecule has 12 heavy (non-hydrogen) atoms. The van der Waals surface area contributed by atoms with Crippen molar-refractivity contribution in [3.8, 4) is 0 Å². The smallest absolute Gasteiger partial charge is 0.239 e. The molecule has 0 aromatic heterocycles. The third kappa shape index (κ3) is 2.09. The third-order valence-corrected chi connectivity index (χ3v) is 5.45. The van der Waals surface area contributed by atoms with Gasteiger partial charge in [0.25, 0.3) is 0 Å². The molecule has 0 spiro atoms. The highest BCUT2D eigenvalue weighted by atomic mass is 35.7. The van der Waals surface area contributed by atoms with Crippen LogP contribution in [0.4, 0.5) is 0 Å². The summed E-state index contributed by atoms with van der Waals surface area (Å²) in [5, 5.41) is 7.65. The topological polar surface area (TPSA) is 88.5 Å². The molecule has 72 valence electrons. The molecule has 1 aliphatic heterocycles. The van der Waals surface area contributed by atoms with Crippen LogP contribution in [0.25, 0.3) is 0 Å². The van der Waals surface area contributed by atoms with Crippen molar-refractivity contribution in [2.75, 3.05) is 11.5 Å². The minimum atomic E-state index is -3.98. The summed E-state index contributed by atoms with van der Waals surface area (Å²) in [5.41, 5.74) is 0. The molecule has 0 saturated carbocycles. The van der Waals surface area contributed by atoms with Crippen LogP contribution in [0, 0.1) is 0 Å². The lowest BCUT2D eigenvalue weighted by Gasteiger charge is -2.06. The lowest BCUT2D eigenvalue weighted by Crippen LogP contribution is -2.29. The summed E-state index contributed by atoms with van der Waals surface area (Å²) in [6.07, 6.45) is -1.39. The van der Waals surface area contributed by atoms with Gasteiger partial charge in [0.05, 0.1) is 17.6 Å². The second-order valence-electron chi connectivity index (χ2n) is 2.66. The molecule has 0 amide bonds. The molecule has 0 bridgehead atoms. The molecule has 5 nitrogen and oxygen atoms in total. The van der Waals surface area contributed by atoms with Crippen molar-refractivity contribution >= 4 is 29.6 Å². The van der Waals surface area contributed by atoms with Crippen LogP contribution in [-0.2, 0) is 18.9 Å². The maximum atomic E-state index is 10.8. The highest BCUT2D eigenvalue weighted by molar-refractivity contribution is 8.15.